The van der Waals surface area contributed by atoms with Crippen LogP contribution in [-0.2, 0) is 10.0 Å². The second-order valence-corrected chi connectivity index (χ2v) is 5.81. The Labute approximate surface area is 121 Å². The predicted octanol–water partition coefficient (Wildman–Crippen LogP) is 2.06. The van der Waals surface area contributed by atoms with Crippen LogP contribution >= 0.6 is 0 Å². The fourth-order valence-electron chi connectivity index (χ4n) is 1.60. The molecule has 21 heavy (non-hydrogen) atoms. The highest BCUT2D eigenvalue weighted by Gasteiger charge is 2.15. The monoisotopic (exact) mass is 302 g/mol. The smallest absolute Gasteiger partial charge is 0.335 e. The minimum Gasteiger partial charge on any atom is -0.478 e. The Balaban J connectivity index is 2.25. The van der Waals surface area contributed by atoms with Crippen molar-refractivity contribution < 1.29 is 18.3 Å². The third-order valence-corrected chi connectivity index (χ3v) is 4.07. The van der Waals surface area contributed by atoms with Crippen LogP contribution in [0.15, 0.2) is 53.4 Å². The molecule has 2 aromatic rings. The Morgan fingerprint density at radius 3 is 2.10 bits per heavy atom. The van der Waals surface area contributed by atoms with Gasteiger partial charge in [-0.1, -0.05) is 0 Å². The number of carbonyl (C=O) groups is 1. The number of carboxylic acids is 1. The first-order valence-electron chi connectivity index (χ1n) is 5.79. The number of nitrogens with zero attached hydrogens (tertiary/aromatic N) is 1. The van der Waals surface area contributed by atoms with Crippen molar-refractivity contribution in [2.45, 2.75) is 4.90 Å². The lowest BCUT2D eigenvalue weighted by atomic mass is 10.2. The van der Waals surface area contributed by atoms with Crippen molar-refractivity contribution in [1.29, 1.82) is 5.26 Å². The van der Waals surface area contributed by atoms with Crippen LogP contribution in [0.3, 0.4) is 0 Å². The van der Waals surface area contributed by atoms with Crippen LogP contribution in [0.25, 0.3) is 0 Å². The van der Waals surface area contributed by atoms with Crippen molar-refractivity contribution in [3.63, 3.8) is 0 Å². The predicted molar refractivity (Wildman–Crippen MR) is 75.4 cm³/mol. The van der Waals surface area contributed by atoms with E-state index in [9.17, 15) is 13.2 Å². The highest BCUT2D eigenvalue weighted by atomic mass is 32.2. The summed E-state index contributed by atoms with van der Waals surface area (Å²) in [5, 5.41) is 17.4. The average molecular weight is 302 g/mol. The van der Waals surface area contributed by atoms with Gasteiger partial charge in [-0.15, -0.1) is 0 Å². The molecule has 0 aromatic heterocycles. The molecule has 0 bridgehead atoms. The Bertz CT molecular complexity index is 804. The number of anilines is 1. The summed E-state index contributed by atoms with van der Waals surface area (Å²) in [6, 6.07) is 12.7. The molecule has 106 valence electrons. The summed E-state index contributed by atoms with van der Waals surface area (Å²) in [6.07, 6.45) is 0. The van der Waals surface area contributed by atoms with Crippen LogP contribution < -0.4 is 4.72 Å². The molecule has 7 heteroatoms. The minimum atomic E-state index is -3.80. The number of carboxylic acid groups (broad SMARTS) is 1. The number of nitrogens with one attached hydrogen (secondary N) is 1. The Morgan fingerprint density at radius 2 is 1.62 bits per heavy atom. The van der Waals surface area contributed by atoms with Crippen LogP contribution in [0, 0.1) is 11.3 Å². The maximum Gasteiger partial charge on any atom is 0.335 e. The van der Waals surface area contributed by atoms with Gasteiger partial charge in [0.05, 0.1) is 22.1 Å². The minimum absolute atomic E-state index is 0.00678. The van der Waals surface area contributed by atoms with E-state index in [0.717, 1.165) is 0 Å². The number of sulfonamides is 1. The molecule has 0 aliphatic rings. The number of nitriles is 1. The zero-order chi connectivity index (χ0) is 15.5. The molecule has 0 aliphatic heterocycles. The van der Waals surface area contributed by atoms with Gasteiger partial charge in [0.1, 0.15) is 0 Å². The topological polar surface area (TPSA) is 107 Å². The normalized spacial score (nSPS) is 10.6. The molecule has 0 heterocycles. The molecule has 2 N–H and O–H groups in total. The first kappa shape index (κ1) is 14.6. The van der Waals surface area contributed by atoms with E-state index in [-0.39, 0.29) is 10.5 Å². The van der Waals surface area contributed by atoms with E-state index in [1.165, 1.54) is 48.5 Å². The number of aromatic carboxylic acids is 1. The molecule has 2 rings (SSSR count). The Kier molecular flexibility index (Phi) is 3.91. The zero-order valence-corrected chi connectivity index (χ0v) is 11.5. The number of hydrogen-bond donors (Lipinski definition) is 2. The zero-order valence-electron chi connectivity index (χ0n) is 10.6. The molecule has 0 atom stereocenters. The summed E-state index contributed by atoms with van der Waals surface area (Å²) in [5.74, 6) is -1.13. The standard InChI is InChI=1S/C14H10N2O4S/c15-9-10-1-5-12(6-2-10)16-21(19,20)13-7-3-11(4-8-13)14(17)18/h1-8,16H,(H,17,18). The summed E-state index contributed by atoms with van der Waals surface area (Å²) < 4.78 is 26.6. The van der Waals surface area contributed by atoms with E-state index in [0.29, 0.717) is 11.3 Å². The van der Waals surface area contributed by atoms with E-state index in [1.807, 2.05) is 6.07 Å². The molecule has 0 radical (unpaired) electrons. The van der Waals surface area contributed by atoms with E-state index >= 15 is 0 Å². The van der Waals surface area contributed by atoms with Gasteiger partial charge in [-0.3, -0.25) is 4.72 Å². The molecule has 0 amide bonds. The summed E-state index contributed by atoms with van der Waals surface area (Å²) in [6.45, 7) is 0. The quantitative estimate of drug-likeness (QED) is 0.898. The van der Waals surface area contributed by atoms with Gasteiger partial charge in [-0.2, -0.15) is 5.26 Å². The van der Waals surface area contributed by atoms with Crippen molar-refractivity contribution in [3.05, 3.63) is 59.7 Å². The number of hydrogen-bond acceptors (Lipinski definition) is 4. The molecular weight excluding hydrogens is 292 g/mol. The molecule has 2 aromatic carbocycles. The number of rotatable bonds is 4. The summed E-state index contributed by atoms with van der Waals surface area (Å²) in [7, 11) is -3.80. The van der Waals surface area contributed by atoms with Gasteiger partial charge in [-0.25, -0.2) is 13.2 Å². The fraction of sp³-hybridized carbons (Fsp3) is 0. The van der Waals surface area contributed by atoms with E-state index in [4.69, 9.17) is 10.4 Å². The molecule has 0 saturated carbocycles. The van der Waals surface area contributed by atoms with Crippen molar-refractivity contribution in [2.24, 2.45) is 0 Å². The van der Waals surface area contributed by atoms with Gasteiger partial charge in [0.2, 0.25) is 0 Å². The van der Waals surface area contributed by atoms with Gasteiger partial charge >= 0.3 is 5.97 Å². The van der Waals surface area contributed by atoms with Crippen LogP contribution in [0.4, 0.5) is 5.69 Å². The molecule has 0 aliphatic carbocycles. The molecular formula is C14H10N2O4S. The second kappa shape index (κ2) is 5.64. The maximum atomic E-state index is 12.1. The Morgan fingerprint density at radius 1 is 1.05 bits per heavy atom. The third kappa shape index (κ3) is 3.38. The molecule has 0 fully saturated rings. The van der Waals surface area contributed by atoms with Gasteiger partial charge in [0, 0.05) is 5.69 Å². The summed E-state index contributed by atoms with van der Waals surface area (Å²) in [4.78, 5) is 10.7. The maximum absolute atomic E-state index is 12.1. The highest BCUT2D eigenvalue weighted by molar-refractivity contribution is 7.92. The Hall–Kier alpha value is -2.85. The van der Waals surface area contributed by atoms with Crippen LogP contribution in [0.2, 0.25) is 0 Å². The first-order chi connectivity index (χ1) is 9.92. The lowest BCUT2D eigenvalue weighted by molar-refractivity contribution is 0.0696. The van der Waals surface area contributed by atoms with Gasteiger partial charge in [-0.05, 0) is 48.5 Å². The molecule has 6 nitrogen and oxygen atoms in total. The largest absolute Gasteiger partial charge is 0.478 e. The second-order valence-electron chi connectivity index (χ2n) is 4.12. The number of benzene rings is 2. The van der Waals surface area contributed by atoms with Crippen LogP contribution in [0.5, 0.6) is 0 Å². The lowest BCUT2D eigenvalue weighted by Gasteiger charge is -2.08. The third-order valence-electron chi connectivity index (χ3n) is 2.68. The molecule has 0 saturated heterocycles. The van der Waals surface area contributed by atoms with E-state index in [1.54, 1.807) is 0 Å². The van der Waals surface area contributed by atoms with E-state index in [2.05, 4.69) is 4.72 Å². The van der Waals surface area contributed by atoms with E-state index < -0.39 is 16.0 Å². The summed E-state index contributed by atoms with van der Waals surface area (Å²) in [5.41, 5.74) is 0.743. The van der Waals surface area contributed by atoms with Gasteiger partial charge < -0.3 is 5.11 Å². The van der Waals surface area contributed by atoms with Gasteiger partial charge in [0.25, 0.3) is 10.0 Å². The fourth-order valence-corrected chi connectivity index (χ4v) is 2.66. The first-order valence-corrected chi connectivity index (χ1v) is 7.27. The highest BCUT2D eigenvalue weighted by Crippen LogP contribution is 2.17. The van der Waals surface area contributed by atoms with Crippen LogP contribution in [0.1, 0.15) is 15.9 Å². The molecule has 0 spiro atoms. The summed E-state index contributed by atoms with van der Waals surface area (Å²) >= 11 is 0. The van der Waals surface area contributed by atoms with Crippen molar-refractivity contribution >= 4 is 21.7 Å². The van der Waals surface area contributed by atoms with Crippen molar-refractivity contribution in [1.82, 2.24) is 0 Å². The van der Waals surface area contributed by atoms with Crippen molar-refractivity contribution in [3.8, 4) is 6.07 Å². The van der Waals surface area contributed by atoms with Crippen molar-refractivity contribution in [2.75, 3.05) is 4.72 Å². The van der Waals surface area contributed by atoms with Crippen LogP contribution in [-0.4, -0.2) is 19.5 Å². The SMILES string of the molecule is N#Cc1ccc(NS(=O)(=O)c2ccc(C(=O)O)cc2)cc1. The average Bonchev–Trinajstić information content (AvgIpc) is 2.48. The van der Waals surface area contributed by atoms with Gasteiger partial charge in [0.15, 0.2) is 0 Å². The lowest BCUT2D eigenvalue weighted by Crippen LogP contribution is -2.13. The molecule has 0 unspecified atom stereocenters.